The van der Waals surface area contributed by atoms with Crippen LogP contribution in [0.2, 0.25) is 0 Å². The first-order chi connectivity index (χ1) is 21.4. The van der Waals surface area contributed by atoms with Crippen LogP contribution in [0, 0.1) is 6.92 Å². The van der Waals surface area contributed by atoms with E-state index >= 15 is 0 Å². The van der Waals surface area contributed by atoms with Crippen molar-refractivity contribution in [2.24, 2.45) is 0 Å². The highest BCUT2D eigenvalue weighted by molar-refractivity contribution is 6.02. The van der Waals surface area contributed by atoms with E-state index in [9.17, 15) is 9.59 Å². The number of carbonyl (C=O) groups is 2. The van der Waals surface area contributed by atoms with Crippen molar-refractivity contribution in [2.45, 2.75) is 117 Å². The number of benzene rings is 3. The van der Waals surface area contributed by atoms with E-state index in [2.05, 4.69) is 74.5 Å². The van der Waals surface area contributed by atoms with Gasteiger partial charge in [-0.1, -0.05) is 113 Å². The molecule has 0 N–H and O–H groups in total. The Bertz CT molecular complexity index is 1470. The molecule has 1 fully saturated rings. The lowest BCUT2D eigenvalue weighted by Crippen LogP contribution is -2.18. The summed E-state index contributed by atoms with van der Waals surface area (Å²) in [6.45, 7) is 10.5. The van der Waals surface area contributed by atoms with E-state index in [1.807, 2.05) is 45.1 Å². The van der Waals surface area contributed by atoms with Gasteiger partial charge in [0.15, 0.2) is 11.6 Å². The maximum Gasteiger partial charge on any atom is 0.166 e. The van der Waals surface area contributed by atoms with Gasteiger partial charge in [0.25, 0.3) is 0 Å². The normalized spacial score (nSPS) is 18.2. The van der Waals surface area contributed by atoms with Gasteiger partial charge in [0.2, 0.25) is 0 Å². The lowest BCUT2D eigenvalue weighted by Gasteiger charge is -2.32. The standard InChI is InChI=1S/C40H46O2.C2H6.H2/c1-4-5-12-30-13-10-14-31(26-30)18-25-39(41)35-23-24-37(38(27-35)29(3)40(42)34-15-7-8-16-34)33-21-19-32(20-22-33)36-17-9-6-11-28(36)2;1-2;/h6-11,13-15,17,23-24,26-27,29,32-33H,4-5,12,16,18-22,25H2,1-3H3;1-2H3;1H. The summed E-state index contributed by atoms with van der Waals surface area (Å²) in [5, 5.41) is 0. The molecule has 1 unspecified atom stereocenters. The molecule has 0 saturated heterocycles. The number of aryl methyl sites for hydroxylation is 3. The zero-order valence-electron chi connectivity index (χ0n) is 27.7. The highest BCUT2D eigenvalue weighted by Gasteiger charge is 2.29. The van der Waals surface area contributed by atoms with Crippen LogP contribution >= 0.6 is 0 Å². The van der Waals surface area contributed by atoms with Crippen LogP contribution in [0.15, 0.2) is 90.5 Å². The van der Waals surface area contributed by atoms with Crippen LogP contribution in [0.4, 0.5) is 0 Å². The first-order valence-electron chi connectivity index (χ1n) is 17.1. The Morgan fingerprint density at radius 1 is 0.841 bits per heavy atom. The molecule has 2 aliphatic carbocycles. The predicted octanol–water partition coefficient (Wildman–Crippen LogP) is 11.4. The average molecular weight is 591 g/mol. The summed E-state index contributed by atoms with van der Waals surface area (Å²) in [5.74, 6) is 1.10. The second-order valence-electron chi connectivity index (χ2n) is 12.5. The van der Waals surface area contributed by atoms with Gasteiger partial charge in [0.05, 0.1) is 0 Å². The van der Waals surface area contributed by atoms with E-state index in [-0.39, 0.29) is 18.9 Å². The topological polar surface area (TPSA) is 34.1 Å². The Balaban J connectivity index is 0.00000180. The Morgan fingerprint density at radius 2 is 1.52 bits per heavy atom. The highest BCUT2D eigenvalue weighted by atomic mass is 16.1. The van der Waals surface area contributed by atoms with E-state index in [1.54, 1.807) is 0 Å². The summed E-state index contributed by atoms with van der Waals surface area (Å²) in [5.41, 5.74) is 9.38. The maximum absolute atomic E-state index is 13.6. The van der Waals surface area contributed by atoms with Gasteiger partial charge in [-0.05, 0) is 115 Å². The molecule has 3 aromatic rings. The van der Waals surface area contributed by atoms with Gasteiger partial charge in [0, 0.05) is 19.3 Å². The summed E-state index contributed by atoms with van der Waals surface area (Å²) < 4.78 is 0. The molecule has 5 rings (SSSR count). The van der Waals surface area contributed by atoms with Gasteiger partial charge < -0.3 is 0 Å². The molecule has 0 bridgehead atoms. The summed E-state index contributed by atoms with van der Waals surface area (Å²) in [7, 11) is 0. The fourth-order valence-electron chi connectivity index (χ4n) is 7.03. The third-order valence-electron chi connectivity index (χ3n) is 9.60. The van der Waals surface area contributed by atoms with Crippen molar-refractivity contribution in [3.63, 3.8) is 0 Å². The third kappa shape index (κ3) is 8.35. The molecule has 0 aromatic heterocycles. The quantitative estimate of drug-likeness (QED) is 0.197. The number of carbonyl (C=O) groups excluding carboxylic acids is 2. The van der Waals surface area contributed by atoms with Gasteiger partial charge >= 0.3 is 0 Å². The van der Waals surface area contributed by atoms with Crippen molar-refractivity contribution in [3.8, 4) is 0 Å². The molecule has 0 aliphatic heterocycles. The minimum absolute atomic E-state index is 0. The van der Waals surface area contributed by atoms with Gasteiger partial charge in [-0.2, -0.15) is 0 Å². The summed E-state index contributed by atoms with van der Waals surface area (Å²) in [6, 6.07) is 23.8. The molecule has 2 nitrogen and oxygen atoms in total. The largest absolute Gasteiger partial charge is 0.294 e. The number of unbranched alkanes of at least 4 members (excludes halogenated alkanes) is 1. The minimum atomic E-state index is -0.261. The van der Waals surface area contributed by atoms with Crippen LogP contribution in [0.5, 0.6) is 0 Å². The van der Waals surface area contributed by atoms with Crippen molar-refractivity contribution in [2.75, 3.05) is 0 Å². The van der Waals surface area contributed by atoms with Crippen molar-refractivity contribution in [3.05, 3.63) is 129 Å². The molecule has 0 spiro atoms. The van der Waals surface area contributed by atoms with Gasteiger partial charge in [-0.25, -0.2) is 0 Å². The lowest BCUT2D eigenvalue weighted by atomic mass is 9.73. The number of hydrogen-bond donors (Lipinski definition) is 0. The smallest absolute Gasteiger partial charge is 0.166 e. The van der Waals surface area contributed by atoms with Crippen LogP contribution in [0.25, 0.3) is 0 Å². The Kier molecular flexibility index (Phi) is 12.5. The monoisotopic (exact) mass is 590 g/mol. The van der Waals surface area contributed by atoms with E-state index < -0.39 is 0 Å². The maximum atomic E-state index is 13.6. The summed E-state index contributed by atoms with van der Waals surface area (Å²) >= 11 is 0. The SMILES string of the molecule is CC.CCCCc1cccc(CCC(=O)c2ccc(C3CCC(c4ccccc4C)CC3)c(C(C)C(=O)C3=CC=CC3)c2)c1.[HH]. The fraction of sp³-hybridized carbons (Fsp3) is 0.429. The molecule has 0 radical (unpaired) electrons. The Hall–Kier alpha value is -3.52. The number of Topliss-reactive ketones (excluding diaryl/α,β-unsaturated/α-hetero) is 2. The van der Waals surface area contributed by atoms with Crippen LogP contribution in [0.1, 0.15) is 142 Å². The highest BCUT2D eigenvalue weighted by Crippen LogP contribution is 2.44. The fourth-order valence-corrected chi connectivity index (χ4v) is 7.03. The van der Waals surface area contributed by atoms with Gasteiger partial charge in [-0.3, -0.25) is 9.59 Å². The molecule has 44 heavy (non-hydrogen) atoms. The number of ketones is 2. The van der Waals surface area contributed by atoms with E-state index in [4.69, 9.17) is 0 Å². The molecular formula is C42H54O2. The molecule has 2 heteroatoms. The molecule has 0 amide bonds. The second kappa shape index (κ2) is 16.5. The zero-order chi connectivity index (χ0) is 31.5. The molecule has 1 atom stereocenters. The van der Waals surface area contributed by atoms with Crippen LogP contribution < -0.4 is 0 Å². The van der Waals surface area contributed by atoms with Crippen LogP contribution in [-0.4, -0.2) is 11.6 Å². The van der Waals surface area contributed by atoms with Crippen molar-refractivity contribution >= 4 is 11.6 Å². The molecule has 2 aliphatic rings. The second-order valence-corrected chi connectivity index (χ2v) is 12.5. The average Bonchev–Trinajstić information content (AvgIpc) is 3.62. The minimum Gasteiger partial charge on any atom is -0.294 e. The number of allylic oxidation sites excluding steroid dienone is 4. The molecule has 1 saturated carbocycles. The van der Waals surface area contributed by atoms with Crippen molar-refractivity contribution < 1.29 is 11.0 Å². The lowest BCUT2D eigenvalue weighted by molar-refractivity contribution is -0.116. The van der Waals surface area contributed by atoms with Crippen LogP contribution in [-0.2, 0) is 17.6 Å². The van der Waals surface area contributed by atoms with E-state index in [0.29, 0.717) is 24.7 Å². The van der Waals surface area contributed by atoms with Gasteiger partial charge in [0.1, 0.15) is 0 Å². The molecule has 3 aromatic carbocycles. The van der Waals surface area contributed by atoms with E-state index in [0.717, 1.165) is 55.2 Å². The number of hydrogen-bond acceptors (Lipinski definition) is 2. The molecular weight excluding hydrogens is 536 g/mol. The summed E-state index contributed by atoms with van der Waals surface area (Å²) in [4.78, 5) is 27.0. The number of rotatable bonds is 12. The van der Waals surface area contributed by atoms with E-state index in [1.165, 1.54) is 40.7 Å². The molecule has 234 valence electrons. The zero-order valence-corrected chi connectivity index (χ0v) is 27.7. The van der Waals surface area contributed by atoms with Crippen LogP contribution in [0.3, 0.4) is 0 Å². The summed E-state index contributed by atoms with van der Waals surface area (Å²) in [6.07, 6.45) is 15.9. The van der Waals surface area contributed by atoms with Gasteiger partial charge in [-0.15, -0.1) is 0 Å². The third-order valence-corrected chi connectivity index (χ3v) is 9.60. The molecule has 0 heterocycles. The van der Waals surface area contributed by atoms with Crippen molar-refractivity contribution in [1.82, 2.24) is 0 Å². The predicted molar refractivity (Wildman–Crippen MR) is 188 cm³/mol. The Morgan fingerprint density at radius 3 is 2.18 bits per heavy atom. The Labute approximate surface area is 268 Å². The first kappa shape index (κ1) is 33.4. The van der Waals surface area contributed by atoms with Crippen molar-refractivity contribution in [1.29, 1.82) is 0 Å². The first-order valence-corrected chi connectivity index (χ1v) is 17.1.